The van der Waals surface area contributed by atoms with Gasteiger partial charge in [0.25, 0.3) is 0 Å². The zero-order chi connectivity index (χ0) is 13.5. The molecule has 2 heterocycles. The third-order valence-electron chi connectivity index (χ3n) is 2.85. The molecule has 2 rings (SSSR count). The third kappa shape index (κ3) is 4.29. The van der Waals surface area contributed by atoms with Gasteiger partial charge in [0.05, 0.1) is 0 Å². The molecule has 0 aliphatic rings. The highest BCUT2D eigenvalue weighted by molar-refractivity contribution is 7.15. The molecule has 19 heavy (non-hydrogen) atoms. The number of nitrogens with zero attached hydrogens (tertiary/aromatic N) is 3. The van der Waals surface area contributed by atoms with Crippen LogP contribution in [0.15, 0.2) is 30.6 Å². The highest BCUT2D eigenvalue weighted by Gasteiger charge is 2.07. The van der Waals surface area contributed by atoms with Crippen molar-refractivity contribution in [2.45, 2.75) is 19.9 Å². The number of likely N-dealkylation sites (N-methyl/N-ethyl adjacent to an activating group) is 1. The van der Waals surface area contributed by atoms with Crippen molar-refractivity contribution in [3.8, 4) is 0 Å². The Labute approximate surface area is 118 Å². The first-order valence-corrected chi connectivity index (χ1v) is 7.37. The number of rotatable bonds is 7. The Hall–Kier alpha value is -1.46. The fraction of sp³-hybridized carbons (Fsp3) is 0.429. The van der Waals surface area contributed by atoms with E-state index in [0.29, 0.717) is 0 Å². The van der Waals surface area contributed by atoms with Crippen LogP contribution in [0.2, 0.25) is 0 Å². The number of anilines is 1. The minimum absolute atomic E-state index is 0.905. The summed E-state index contributed by atoms with van der Waals surface area (Å²) in [4.78, 5) is 12.3. The van der Waals surface area contributed by atoms with Crippen LogP contribution in [0.1, 0.15) is 17.5 Å². The van der Waals surface area contributed by atoms with E-state index in [0.717, 1.165) is 36.9 Å². The van der Waals surface area contributed by atoms with E-state index in [2.05, 4.69) is 40.2 Å². The predicted octanol–water partition coefficient (Wildman–Crippen LogP) is 2.33. The van der Waals surface area contributed by atoms with Crippen LogP contribution in [-0.4, -0.2) is 30.1 Å². The van der Waals surface area contributed by atoms with Crippen LogP contribution in [0.5, 0.6) is 0 Å². The van der Waals surface area contributed by atoms with Crippen LogP contribution in [0.3, 0.4) is 0 Å². The van der Waals surface area contributed by atoms with Crippen molar-refractivity contribution < 1.29 is 0 Å². The van der Waals surface area contributed by atoms with Gasteiger partial charge in [0, 0.05) is 49.5 Å². The molecule has 0 aliphatic carbocycles. The van der Waals surface area contributed by atoms with Gasteiger partial charge in [-0.3, -0.25) is 4.98 Å². The standard InChI is InChI=1S/C14H20N4S/c1-3-15-10-13-11-17-14(19-13)18(2)9-7-12-6-4-5-8-16-12/h4-6,8,11,15H,3,7,9-10H2,1-2H3. The lowest BCUT2D eigenvalue weighted by molar-refractivity contribution is 0.734. The zero-order valence-corrected chi connectivity index (χ0v) is 12.3. The van der Waals surface area contributed by atoms with Crippen molar-refractivity contribution in [1.29, 1.82) is 0 Å². The van der Waals surface area contributed by atoms with Crippen molar-refractivity contribution in [3.63, 3.8) is 0 Å². The van der Waals surface area contributed by atoms with E-state index in [9.17, 15) is 0 Å². The number of nitrogens with one attached hydrogen (secondary N) is 1. The van der Waals surface area contributed by atoms with E-state index in [1.54, 1.807) is 11.3 Å². The van der Waals surface area contributed by atoms with Crippen molar-refractivity contribution >= 4 is 16.5 Å². The fourth-order valence-corrected chi connectivity index (χ4v) is 2.59. The summed E-state index contributed by atoms with van der Waals surface area (Å²) >= 11 is 1.75. The predicted molar refractivity (Wildman–Crippen MR) is 80.7 cm³/mol. The van der Waals surface area contributed by atoms with Crippen LogP contribution in [0, 0.1) is 0 Å². The number of hydrogen-bond acceptors (Lipinski definition) is 5. The minimum atomic E-state index is 0.905. The van der Waals surface area contributed by atoms with Crippen LogP contribution in [0.4, 0.5) is 5.13 Å². The lowest BCUT2D eigenvalue weighted by atomic mass is 10.2. The molecule has 0 atom stereocenters. The maximum atomic E-state index is 4.47. The lowest BCUT2D eigenvalue weighted by Gasteiger charge is -2.14. The van der Waals surface area contributed by atoms with Crippen LogP contribution >= 0.6 is 11.3 Å². The molecule has 0 saturated carbocycles. The summed E-state index contributed by atoms with van der Waals surface area (Å²) in [7, 11) is 2.08. The largest absolute Gasteiger partial charge is 0.351 e. The molecule has 102 valence electrons. The van der Waals surface area contributed by atoms with Gasteiger partial charge >= 0.3 is 0 Å². The Morgan fingerprint density at radius 3 is 2.95 bits per heavy atom. The van der Waals surface area contributed by atoms with Gasteiger partial charge in [-0.05, 0) is 18.7 Å². The molecule has 0 fully saturated rings. The molecule has 4 nitrogen and oxygen atoms in total. The molecule has 0 radical (unpaired) electrons. The maximum Gasteiger partial charge on any atom is 0.185 e. The van der Waals surface area contributed by atoms with Gasteiger partial charge in [-0.15, -0.1) is 11.3 Å². The quantitative estimate of drug-likeness (QED) is 0.842. The molecule has 0 amide bonds. The average Bonchev–Trinajstić information content (AvgIpc) is 2.92. The number of thiazole rings is 1. The average molecular weight is 276 g/mol. The second-order valence-electron chi connectivity index (χ2n) is 4.38. The summed E-state index contributed by atoms with van der Waals surface area (Å²) in [5, 5.41) is 4.39. The van der Waals surface area contributed by atoms with Crippen LogP contribution < -0.4 is 10.2 Å². The van der Waals surface area contributed by atoms with Crippen LogP contribution in [-0.2, 0) is 13.0 Å². The Balaban J connectivity index is 1.85. The summed E-state index contributed by atoms with van der Waals surface area (Å²) in [6.45, 7) is 4.94. The molecule has 0 spiro atoms. The van der Waals surface area contributed by atoms with E-state index in [4.69, 9.17) is 0 Å². The summed E-state index contributed by atoms with van der Waals surface area (Å²) in [6.07, 6.45) is 4.74. The number of aromatic nitrogens is 2. The summed E-state index contributed by atoms with van der Waals surface area (Å²) in [5.41, 5.74) is 1.12. The van der Waals surface area contributed by atoms with Gasteiger partial charge in [0.2, 0.25) is 0 Å². The molecule has 2 aromatic rings. The van der Waals surface area contributed by atoms with E-state index in [1.165, 1.54) is 4.88 Å². The van der Waals surface area contributed by atoms with Gasteiger partial charge in [-0.2, -0.15) is 0 Å². The SMILES string of the molecule is CCNCc1cnc(N(C)CCc2ccccn2)s1. The topological polar surface area (TPSA) is 41.1 Å². The smallest absolute Gasteiger partial charge is 0.185 e. The summed E-state index contributed by atoms with van der Waals surface area (Å²) < 4.78 is 0. The molecule has 0 saturated heterocycles. The molecular formula is C14H20N4S. The lowest BCUT2D eigenvalue weighted by Crippen LogP contribution is -2.20. The van der Waals surface area contributed by atoms with Gasteiger partial charge in [0.15, 0.2) is 5.13 Å². The first kappa shape index (κ1) is 14.0. The van der Waals surface area contributed by atoms with Gasteiger partial charge < -0.3 is 10.2 Å². The molecule has 0 aromatic carbocycles. The van der Waals surface area contributed by atoms with Crippen molar-refractivity contribution in [1.82, 2.24) is 15.3 Å². The second kappa shape index (κ2) is 7.21. The number of pyridine rings is 1. The van der Waals surface area contributed by atoms with E-state index in [1.807, 2.05) is 24.5 Å². The molecule has 5 heteroatoms. The first-order valence-electron chi connectivity index (χ1n) is 6.56. The molecule has 0 unspecified atom stereocenters. The van der Waals surface area contributed by atoms with Crippen molar-refractivity contribution in [3.05, 3.63) is 41.2 Å². The zero-order valence-electron chi connectivity index (χ0n) is 11.5. The first-order chi connectivity index (χ1) is 9.29. The minimum Gasteiger partial charge on any atom is -0.351 e. The van der Waals surface area contributed by atoms with Crippen molar-refractivity contribution in [2.75, 3.05) is 25.0 Å². The maximum absolute atomic E-state index is 4.47. The molecule has 0 bridgehead atoms. The van der Waals surface area contributed by atoms with Gasteiger partial charge in [-0.25, -0.2) is 4.98 Å². The third-order valence-corrected chi connectivity index (χ3v) is 3.96. The molecule has 2 aromatic heterocycles. The van der Waals surface area contributed by atoms with Gasteiger partial charge in [-0.1, -0.05) is 13.0 Å². The highest BCUT2D eigenvalue weighted by Crippen LogP contribution is 2.21. The number of hydrogen-bond donors (Lipinski definition) is 1. The highest BCUT2D eigenvalue weighted by atomic mass is 32.1. The Morgan fingerprint density at radius 1 is 1.32 bits per heavy atom. The van der Waals surface area contributed by atoms with E-state index < -0.39 is 0 Å². The Kier molecular flexibility index (Phi) is 5.30. The molecular weight excluding hydrogens is 256 g/mol. The second-order valence-corrected chi connectivity index (χ2v) is 5.48. The molecule has 0 aliphatic heterocycles. The van der Waals surface area contributed by atoms with Crippen molar-refractivity contribution in [2.24, 2.45) is 0 Å². The normalized spacial score (nSPS) is 10.6. The van der Waals surface area contributed by atoms with E-state index >= 15 is 0 Å². The fourth-order valence-electron chi connectivity index (χ4n) is 1.73. The van der Waals surface area contributed by atoms with Crippen LogP contribution in [0.25, 0.3) is 0 Å². The van der Waals surface area contributed by atoms with E-state index in [-0.39, 0.29) is 0 Å². The Bertz CT molecular complexity index is 483. The van der Waals surface area contributed by atoms with Gasteiger partial charge in [0.1, 0.15) is 0 Å². The summed E-state index contributed by atoms with van der Waals surface area (Å²) in [5.74, 6) is 0. The Morgan fingerprint density at radius 2 is 2.21 bits per heavy atom. The monoisotopic (exact) mass is 276 g/mol. The molecule has 1 N–H and O–H groups in total. The summed E-state index contributed by atoms with van der Waals surface area (Å²) in [6, 6.07) is 6.04.